The zero-order chi connectivity index (χ0) is 21.9. The third-order valence-corrected chi connectivity index (χ3v) is 6.46. The molecule has 0 saturated heterocycles. The van der Waals surface area contributed by atoms with Gasteiger partial charge < -0.3 is 5.32 Å². The van der Waals surface area contributed by atoms with Crippen molar-refractivity contribution in [2.75, 3.05) is 4.72 Å². The van der Waals surface area contributed by atoms with Crippen LogP contribution in [0.1, 0.15) is 45.6 Å². The summed E-state index contributed by atoms with van der Waals surface area (Å²) in [6.45, 7) is 7.56. The van der Waals surface area contributed by atoms with Crippen molar-refractivity contribution in [3.8, 4) is 0 Å². The predicted molar refractivity (Wildman–Crippen MR) is 120 cm³/mol. The Kier molecular flexibility index (Phi) is 6.27. The van der Waals surface area contributed by atoms with Crippen LogP contribution < -0.4 is 10.0 Å². The molecule has 5 nitrogen and oxygen atoms in total. The molecule has 0 aliphatic carbocycles. The molecule has 0 aliphatic rings. The highest BCUT2D eigenvalue weighted by atomic mass is 32.2. The van der Waals surface area contributed by atoms with Gasteiger partial charge in [-0.05, 0) is 63.1 Å². The number of hydrogen-bond donors (Lipinski definition) is 2. The van der Waals surface area contributed by atoms with E-state index in [1.165, 1.54) is 0 Å². The van der Waals surface area contributed by atoms with Crippen molar-refractivity contribution in [3.05, 3.63) is 94.5 Å². The van der Waals surface area contributed by atoms with E-state index in [0.717, 1.165) is 16.7 Å². The minimum Gasteiger partial charge on any atom is -0.346 e. The van der Waals surface area contributed by atoms with Gasteiger partial charge in [0.25, 0.3) is 15.9 Å². The normalized spacial score (nSPS) is 12.3. The van der Waals surface area contributed by atoms with Crippen LogP contribution in [0.3, 0.4) is 0 Å². The summed E-state index contributed by atoms with van der Waals surface area (Å²) in [5.41, 5.74) is 4.52. The molecule has 30 heavy (non-hydrogen) atoms. The third kappa shape index (κ3) is 4.89. The summed E-state index contributed by atoms with van der Waals surface area (Å²) in [4.78, 5) is 13.0. The summed E-state index contributed by atoms with van der Waals surface area (Å²) in [7, 11) is -3.75. The molecule has 2 N–H and O–H groups in total. The van der Waals surface area contributed by atoms with Crippen molar-refractivity contribution < 1.29 is 13.2 Å². The third-order valence-electron chi connectivity index (χ3n) is 5.08. The molecule has 0 fully saturated rings. The van der Waals surface area contributed by atoms with Crippen LogP contribution in [-0.2, 0) is 10.0 Å². The number of nitrogens with one attached hydrogen (secondary N) is 2. The number of aryl methyl sites for hydroxylation is 2. The van der Waals surface area contributed by atoms with E-state index >= 15 is 0 Å². The number of carbonyl (C=O) groups is 1. The Labute approximate surface area is 178 Å². The first-order valence-corrected chi connectivity index (χ1v) is 11.2. The Hall–Kier alpha value is -3.12. The van der Waals surface area contributed by atoms with Crippen molar-refractivity contribution in [3.63, 3.8) is 0 Å². The fourth-order valence-corrected chi connectivity index (χ4v) is 4.25. The average molecular weight is 423 g/mol. The molecular formula is C24H26N2O3S. The van der Waals surface area contributed by atoms with E-state index < -0.39 is 10.0 Å². The van der Waals surface area contributed by atoms with Gasteiger partial charge in [-0.2, -0.15) is 0 Å². The average Bonchev–Trinajstić information content (AvgIpc) is 2.70. The summed E-state index contributed by atoms with van der Waals surface area (Å²) in [5.74, 6) is -0.253. The Morgan fingerprint density at radius 1 is 0.833 bits per heavy atom. The molecule has 0 spiro atoms. The molecular weight excluding hydrogens is 396 g/mol. The highest BCUT2D eigenvalue weighted by Crippen LogP contribution is 2.24. The number of carbonyl (C=O) groups excluding carboxylic acids is 1. The molecule has 0 aliphatic heterocycles. The highest BCUT2D eigenvalue weighted by molar-refractivity contribution is 7.92. The summed E-state index contributed by atoms with van der Waals surface area (Å²) >= 11 is 0. The molecule has 0 bridgehead atoms. The first-order chi connectivity index (χ1) is 14.2. The second-order valence-electron chi connectivity index (χ2n) is 7.50. The van der Waals surface area contributed by atoms with Crippen LogP contribution >= 0.6 is 0 Å². The minimum atomic E-state index is -3.75. The van der Waals surface area contributed by atoms with Crippen LogP contribution in [0.2, 0.25) is 0 Å². The van der Waals surface area contributed by atoms with Crippen LogP contribution in [0.15, 0.2) is 71.6 Å². The standard InChI is InChI=1S/C24H26N2O3S/c1-16-8-12-20(13-9-16)19(4)25-24(27)22-6-5-7-23(18(22)3)26-30(28,29)21-14-10-17(2)11-15-21/h5-15,19,26H,1-4H3,(H,25,27)/t19-/m0/s1. The van der Waals surface area contributed by atoms with E-state index in [4.69, 9.17) is 0 Å². The van der Waals surface area contributed by atoms with E-state index in [1.54, 1.807) is 49.4 Å². The number of sulfonamides is 1. The van der Waals surface area contributed by atoms with E-state index in [1.807, 2.05) is 45.0 Å². The Balaban J connectivity index is 1.81. The molecule has 3 aromatic carbocycles. The van der Waals surface area contributed by atoms with Gasteiger partial charge in [-0.15, -0.1) is 0 Å². The first kappa shape index (κ1) is 21.6. The smallest absolute Gasteiger partial charge is 0.261 e. The molecule has 3 aromatic rings. The minimum absolute atomic E-state index is 0.176. The van der Waals surface area contributed by atoms with E-state index in [2.05, 4.69) is 10.0 Å². The lowest BCUT2D eigenvalue weighted by Crippen LogP contribution is -2.27. The fourth-order valence-electron chi connectivity index (χ4n) is 3.13. The van der Waals surface area contributed by atoms with Gasteiger partial charge in [0.15, 0.2) is 0 Å². The highest BCUT2D eigenvalue weighted by Gasteiger charge is 2.19. The van der Waals surface area contributed by atoms with Gasteiger partial charge in [0.2, 0.25) is 0 Å². The van der Waals surface area contributed by atoms with E-state index in [9.17, 15) is 13.2 Å². The van der Waals surface area contributed by atoms with Crippen molar-refractivity contribution >= 4 is 21.6 Å². The lowest BCUT2D eigenvalue weighted by atomic mass is 10.0. The Morgan fingerprint density at radius 2 is 1.40 bits per heavy atom. The first-order valence-electron chi connectivity index (χ1n) is 9.74. The summed E-state index contributed by atoms with van der Waals surface area (Å²) in [6.07, 6.45) is 0. The van der Waals surface area contributed by atoms with Crippen molar-refractivity contribution in [1.82, 2.24) is 5.32 Å². The second-order valence-corrected chi connectivity index (χ2v) is 9.18. The molecule has 0 heterocycles. The summed E-state index contributed by atoms with van der Waals surface area (Å²) in [5, 5.41) is 2.98. The van der Waals surface area contributed by atoms with Crippen LogP contribution in [0.4, 0.5) is 5.69 Å². The van der Waals surface area contributed by atoms with Crippen molar-refractivity contribution in [2.24, 2.45) is 0 Å². The van der Waals surface area contributed by atoms with Gasteiger partial charge >= 0.3 is 0 Å². The number of benzene rings is 3. The largest absolute Gasteiger partial charge is 0.346 e. The van der Waals surface area contributed by atoms with E-state index in [0.29, 0.717) is 16.8 Å². The molecule has 0 saturated carbocycles. The molecule has 1 atom stereocenters. The topological polar surface area (TPSA) is 75.3 Å². The van der Waals surface area contributed by atoms with Crippen LogP contribution in [0.5, 0.6) is 0 Å². The molecule has 0 aromatic heterocycles. The lowest BCUT2D eigenvalue weighted by molar-refractivity contribution is 0.0939. The molecule has 1 amide bonds. The number of amides is 1. The fraction of sp³-hybridized carbons (Fsp3) is 0.208. The van der Waals surface area contributed by atoms with E-state index in [-0.39, 0.29) is 16.8 Å². The van der Waals surface area contributed by atoms with Crippen molar-refractivity contribution in [1.29, 1.82) is 0 Å². The van der Waals surface area contributed by atoms with Crippen molar-refractivity contribution in [2.45, 2.75) is 38.6 Å². The molecule has 156 valence electrons. The van der Waals surface area contributed by atoms with Gasteiger partial charge in [-0.1, -0.05) is 53.6 Å². The van der Waals surface area contributed by atoms with Gasteiger partial charge in [-0.25, -0.2) is 8.42 Å². The van der Waals surface area contributed by atoms with Crippen LogP contribution in [0.25, 0.3) is 0 Å². The molecule has 0 radical (unpaired) electrons. The van der Waals surface area contributed by atoms with Gasteiger partial charge in [0.1, 0.15) is 0 Å². The summed E-state index contributed by atoms with van der Waals surface area (Å²) in [6, 6.07) is 19.4. The maximum Gasteiger partial charge on any atom is 0.261 e. The van der Waals surface area contributed by atoms with Gasteiger partial charge in [-0.3, -0.25) is 9.52 Å². The lowest BCUT2D eigenvalue weighted by Gasteiger charge is -2.17. The number of rotatable bonds is 6. The molecule has 0 unspecified atom stereocenters. The van der Waals surface area contributed by atoms with Crippen LogP contribution in [0, 0.1) is 20.8 Å². The predicted octanol–water partition coefficient (Wildman–Crippen LogP) is 4.90. The zero-order valence-corrected chi connectivity index (χ0v) is 18.4. The maximum atomic E-state index is 12.9. The Bertz CT molecular complexity index is 1150. The molecule has 3 rings (SSSR count). The van der Waals surface area contributed by atoms with Crippen LogP contribution in [-0.4, -0.2) is 14.3 Å². The van der Waals surface area contributed by atoms with Gasteiger partial charge in [0.05, 0.1) is 16.6 Å². The zero-order valence-electron chi connectivity index (χ0n) is 17.6. The molecule has 6 heteroatoms. The summed E-state index contributed by atoms with van der Waals surface area (Å²) < 4.78 is 28.1. The number of anilines is 1. The number of hydrogen-bond acceptors (Lipinski definition) is 3. The Morgan fingerprint density at radius 3 is 2.00 bits per heavy atom. The van der Waals surface area contributed by atoms with Gasteiger partial charge in [0, 0.05) is 5.56 Å². The maximum absolute atomic E-state index is 12.9. The quantitative estimate of drug-likeness (QED) is 0.593. The monoisotopic (exact) mass is 422 g/mol. The SMILES string of the molecule is Cc1ccc([C@H](C)NC(=O)c2cccc(NS(=O)(=O)c3ccc(C)cc3)c2C)cc1. The second kappa shape index (κ2) is 8.71.